The predicted octanol–water partition coefficient (Wildman–Crippen LogP) is 16.8. The first-order valence-corrected chi connectivity index (χ1v) is 24.7. The fourth-order valence-electron chi connectivity index (χ4n) is 12.2. The molecular formula is C50H94O. The third-order valence-electron chi connectivity index (χ3n) is 15.5. The Kier molecular flexibility index (Phi) is 22.9. The van der Waals surface area contributed by atoms with Crippen LogP contribution in [-0.2, 0) is 4.74 Å². The van der Waals surface area contributed by atoms with Crippen LogP contribution < -0.4 is 0 Å². The van der Waals surface area contributed by atoms with E-state index in [4.69, 9.17) is 4.74 Å². The first-order chi connectivity index (χ1) is 25.1. The zero-order chi connectivity index (χ0) is 35.9. The van der Waals surface area contributed by atoms with Crippen LogP contribution in [0.25, 0.3) is 0 Å². The van der Waals surface area contributed by atoms with Crippen molar-refractivity contribution < 1.29 is 4.74 Å². The second-order valence-corrected chi connectivity index (χ2v) is 19.8. The van der Waals surface area contributed by atoms with Crippen LogP contribution in [-0.4, -0.2) is 12.2 Å². The van der Waals surface area contributed by atoms with Gasteiger partial charge in [0.2, 0.25) is 0 Å². The van der Waals surface area contributed by atoms with Crippen molar-refractivity contribution in [1.82, 2.24) is 0 Å². The third-order valence-corrected chi connectivity index (χ3v) is 15.5. The average Bonchev–Trinajstić information content (AvgIpc) is 3.15. The molecule has 0 heterocycles. The molecule has 0 aromatic heterocycles. The van der Waals surface area contributed by atoms with Crippen LogP contribution in [0, 0.1) is 47.3 Å². The topological polar surface area (TPSA) is 9.23 Å². The highest BCUT2D eigenvalue weighted by atomic mass is 16.5. The molecule has 0 aliphatic heterocycles. The summed E-state index contributed by atoms with van der Waals surface area (Å²) in [5.74, 6) is 8.23. The Labute approximate surface area is 322 Å². The Bertz CT molecular complexity index is 722. The first-order valence-electron chi connectivity index (χ1n) is 24.7. The van der Waals surface area contributed by atoms with E-state index in [9.17, 15) is 0 Å². The molecule has 0 radical (unpaired) electrons. The Morgan fingerprint density at radius 2 is 0.647 bits per heavy atom. The van der Waals surface area contributed by atoms with Gasteiger partial charge in [0.1, 0.15) is 0 Å². The summed E-state index contributed by atoms with van der Waals surface area (Å²) in [5, 5.41) is 0. The van der Waals surface area contributed by atoms with Gasteiger partial charge in [-0.2, -0.15) is 0 Å². The van der Waals surface area contributed by atoms with E-state index in [0.29, 0.717) is 12.2 Å². The average molecular weight is 711 g/mol. The summed E-state index contributed by atoms with van der Waals surface area (Å²) in [6, 6.07) is 0. The fourth-order valence-corrected chi connectivity index (χ4v) is 12.2. The van der Waals surface area contributed by atoms with Crippen LogP contribution >= 0.6 is 0 Å². The van der Waals surface area contributed by atoms with E-state index < -0.39 is 0 Å². The van der Waals surface area contributed by atoms with Crippen LogP contribution in [0.5, 0.6) is 0 Å². The molecule has 4 fully saturated rings. The summed E-state index contributed by atoms with van der Waals surface area (Å²) in [6.07, 6.45) is 54.2. The van der Waals surface area contributed by atoms with Crippen molar-refractivity contribution in [1.29, 1.82) is 0 Å². The molecule has 0 aromatic carbocycles. The Morgan fingerprint density at radius 3 is 0.980 bits per heavy atom. The van der Waals surface area contributed by atoms with E-state index in [-0.39, 0.29) is 0 Å². The third kappa shape index (κ3) is 18.0. The molecule has 4 rings (SSSR count). The van der Waals surface area contributed by atoms with Crippen molar-refractivity contribution in [3.8, 4) is 0 Å². The van der Waals surface area contributed by atoms with E-state index in [2.05, 4.69) is 27.7 Å². The summed E-state index contributed by atoms with van der Waals surface area (Å²) in [6.45, 7) is 9.55. The van der Waals surface area contributed by atoms with Crippen molar-refractivity contribution in [3.05, 3.63) is 0 Å². The maximum absolute atomic E-state index is 6.82. The summed E-state index contributed by atoms with van der Waals surface area (Å²) in [5.41, 5.74) is 0. The van der Waals surface area contributed by atoms with Crippen molar-refractivity contribution >= 4 is 0 Å². The van der Waals surface area contributed by atoms with E-state index in [1.54, 1.807) is 64.2 Å². The second-order valence-electron chi connectivity index (χ2n) is 19.8. The molecule has 0 aromatic rings. The molecule has 1 nitrogen and oxygen atoms in total. The lowest BCUT2D eigenvalue weighted by Crippen LogP contribution is -2.30. The van der Waals surface area contributed by atoms with Gasteiger partial charge in [0.15, 0.2) is 0 Å². The quantitative estimate of drug-likeness (QED) is 0.0812. The highest BCUT2D eigenvalue weighted by molar-refractivity contribution is 4.80. The second kappa shape index (κ2) is 26.7. The number of hydrogen-bond donors (Lipinski definition) is 0. The van der Waals surface area contributed by atoms with E-state index >= 15 is 0 Å². The molecule has 2 atom stereocenters. The number of ether oxygens (including phenoxy) is 1. The monoisotopic (exact) mass is 711 g/mol. The van der Waals surface area contributed by atoms with Gasteiger partial charge < -0.3 is 4.74 Å². The van der Waals surface area contributed by atoms with Gasteiger partial charge in [-0.1, -0.05) is 195 Å². The predicted molar refractivity (Wildman–Crippen MR) is 225 cm³/mol. The molecule has 4 aliphatic rings. The summed E-state index contributed by atoms with van der Waals surface area (Å²) < 4.78 is 6.82. The highest BCUT2D eigenvalue weighted by Crippen LogP contribution is 2.40. The SMILES string of the molecule is CCCCCC1CCC(CC(CCC)CCCC2CCC(OC3CCC(CCCC(CCC)CC4CCC(CCCCC)CC4)CC3)CC2)CC1. The van der Waals surface area contributed by atoms with Gasteiger partial charge in [-0.05, 0) is 112 Å². The van der Waals surface area contributed by atoms with Crippen LogP contribution in [0.15, 0.2) is 0 Å². The zero-order valence-electron chi connectivity index (χ0n) is 35.6. The molecule has 0 N–H and O–H groups in total. The Balaban J connectivity index is 1.01. The van der Waals surface area contributed by atoms with E-state index in [1.165, 1.54) is 167 Å². The van der Waals surface area contributed by atoms with Crippen molar-refractivity contribution in [2.45, 2.75) is 271 Å². The molecule has 51 heavy (non-hydrogen) atoms. The molecule has 0 amide bonds. The lowest BCUT2D eigenvalue weighted by molar-refractivity contribution is -0.0573. The lowest BCUT2D eigenvalue weighted by Gasteiger charge is -2.35. The van der Waals surface area contributed by atoms with Gasteiger partial charge in [0.25, 0.3) is 0 Å². The summed E-state index contributed by atoms with van der Waals surface area (Å²) >= 11 is 0. The molecule has 0 spiro atoms. The van der Waals surface area contributed by atoms with Crippen LogP contribution in [0.2, 0.25) is 0 Å². The Hall–Kier alpha value is -0.0400. The smallest absolute Gasteiger partial charge is 0.0579 e. The fraction of sp³-hybridized carbons (Fsp3) is 1.00. The molecular weight excluding hydrogens is 617 g/mol. The largest absolute Gasteiger partial charge is 0.375 e. The standard InChI is InChI=1S/C50H94O/c1-5-9-11-17-41-23-27-47(28-24-41)39-45(15-7-3)21-13-19-43-31-35-49(36-32-43)51-50-37-33-44(34-38-50)20-14-22-46(16-8-4)40-48-29-25-42(26-30-48)18-12-10-6-2/h41-50H,5-40H2,1-4H3. The molecule has 4 saturated carbocycles. The van der Waals surface area contributed by atoms with Gasteiger partial charge >= 0.3 is 0 Å². The normalized spacial score (nSPS) is 31.8. The molecule has 4 aliphatic carbocycles. The van der Waals surface area contributed by atoms with Gasteiger partial charge in [-0.3, -0.25) is 0 Å². The van der Waals surface area contributed by atoms with Crippen LogP contribution in [0.3, 0.4) is 0 Å². The molecule has 0 saturated heterocycles. The maximum atomic E-state index is 6.82. The molecule has 0 bridgehead atoms. The number of rotatable bonds is 26. The minimum absolute atomic E-state index is 0.578. The zero-order valence-corrected chi connectivity index (χ0v) is 35.6. The minimum atomic E-state index is 0.578. The lowest BCUT2D eigenvalue weighted by atomic mass is 9.75. The first kappa shape index (κ1) is 43.7. The minimum Gasteiger partial charge on any atom is -0.375 e. The summed E-state index contributed by atoms with van der Waals surface area (Å²) in [4.78, 5) is 0. The molecule has 300 valence electrons. The number of hydrogen-bond acceptors (Lipinski definition) is 1. The summed E-state index contributed by atoms with van der Waals surface area (Å²) in [7, 11) is 0. The van der Waals surface area contributed by atoms with Crippen molar-refractivity contribution in [2.24, 2.45) is 47.3 Å². The van der Waals surface area contributed by atoms with Gasteiger partial charge in [-0.15, -0.1) is 0 Å². The Morgan fingerprint density at radius 1 is 0.333 bits per heavy atom. The van der Waals surface area contributed by atoms with E-state index in [0.717, 1.165) is 47.3 Å². The van der Waals surface area contributed by atoms with Gasteiger partial charge in [-0.25, -0.2) is 0 Å². The van der Waals surface area contributed by atoms with Crippen LogP contribution in [0.4, 0.5) is 0 Å². The van der Waals surface area contributed by atoms with Gasteiger partial charge in [0.05, 0.1) is 12.2 Å². The number of unbranched alkanes of at least 4 members (excludes halogenated alkanes) is 4. The molecule has 1 heteroatoms. The molecule has 2 unspecified atom stereocenters. The van der Waals surface area contributed by atoms with Crippen LogP contribution in [0.1, 0.15) is 259 Å². The van der Waals surface area contributed by atoms with E-state index in [1.807, 2.05) is 0 Å². The maximum Gasteiger partial charge on any atom is 0.0579 e. The highest BCUT2D eigenvalue weighted by Gasteiger charge is 2.29. The van der Waals surface area contributed by atoms with Crippen molar-refractivity contribution in [2.75, 3.05) is 0 Å². The van der Waals surface area contributed by atoms with Gasteiger partial charge in [0, 0.05) is 0 Å². The van der Waals surface area contributed by atoms with Crippen molar-refractivity contribution in [3.63, 3.8) is 0 Å².